The molecule has 1 spiro atoms. The molecule has 17 rings (SSSR count). The van der Waals surface area contributed by atoms with E-state index >= 15 is 0 Å². The molecule has 1 aromatic heterocycles. The topological polar surface area (TPSA) is 8.17 Å². The Bertz CT molecular complexity index is 4700. The monoisotopic (exact) mass is 962 g/mol. The smallest absolute Gasteiger partial charge is 0.0755 e. The second-order valence-electron chi connectivity index (χ2n) is 21.0. The van der Waals surface area contributed by atoms with Gasteiger partial charge in [0.1, 0.15) is 0 Å². The van der Waals surface area contributed by atoms with Gasteiger partial charge in [0.15, 0.2) is 0 Å². The Morgan fingerprint density at radius 2 is 0.763 bits per heavy atom. The average Bonchev–Trinajstić information content (AvgIpc) is 4.31. The summed E-state index contributed by atoms with van der Waals surface area (Å²) in [6.07, 6.45) is 0. The lowest BCUT2D eigenvalue weighted by Crippen LogP contribution is -2.33. The molecule has 76 heavy (non-hydrogen) atoms. The van der Waals surface area contributed by atoms with Gasteiger partial charge in [0.2, 0.25) is 0 Å². The molecule has 2 heterocycles. The van der Waals surface area contributed by atoms with E-state index in [9.17, 15) is 0 Å². The highest BCUT2D eigenvalue weighted by molar-refractivity contribution is 6.26. The SMILES string of the molecule is c1ccc(C2(c3ccccc3)c3ccccc3-c3ccc(N(c4ccc5c6ccccc6c6ccccc6c5c4)c4cccc5c4-c4ccccc4C54c5ccccc5-n5c6ccccc6c6cccc4c65)cc32)cc1. The predicted molar refractivity (Wildman–Crippen MR) is 316 cm³/mol. The van der Waals surface area contributed by atoms with E-state index in [0.29, 0.717) is 0 Å². The Morgan fingerprint density at radius 3 is 1.49 bits per heavy atom. The highest BCUT2D eigenvalue weighted by Crippen LogP contribution is 2.64. The quantitative estimate of drug-likeness (QED) is 0.156. The van der Waals surface area contributed by atoms with E-state index in [1.54, 1.807) is 0 Å². The number of fused-ring (bicyclic) bond motifs is 21. The zero-order valence-electron chi connectivity index (χ0n) is 41.5. The maximum atomic E-state index is 2.59. The minimum absolute atomic E-state index is 0.577. The molecule has 13 aromatic carbocycles. The van der Waals surface area contributed by atoms with Crippen molar-refractivity contribution in [1.82, 2.24) is 4.57 Å². The van der Waals surface area contributed by atoms with Crippen LogP contribution in [0.4, 0.5) is 17.1 Å². The van der Waals surface area contributed by atoms with Crippen molar-refractivity contribution in [2.24, 2.45) is 0 Å². The van der Waals surface area contributed by atoms with Crippen molar-refractivity contribution in [1.29, 1.82) is 0 Å². The van der Waals surface area contributed by atoms with E-state index in [4.69, 9.17) is 0 Å². The van der Waals surface area contributed by atoms with Gasteiger partial charge in [0, 0.05) is 27.7 Å². The van der Waals surface area contributed by atoms with Crippen LogP contribution in [0.1, 0.15) is 44.5 Å². The van der Waals surface area contributed by atoms with Crippen molar-refractivity contribution in [2.75, 3.05) is 4.90 Å². The molecule has 0 saturated carbocycles. The lowest BCUT2D eigenvalue weighted by Gasteiger charge is -2.39. The number of hydrogen-bond acceptors (Lipinski definition) is 1. The molecule has 0 fully saturated rings. The molecule has 0 radical (unpaired) electrons. The van der Waals surface area contributed by atoms with Gasteiger partial charge in [-0.3, -0.25) is 0 Å². The van der Waals surface area contributed by atoms with Crippen molar-refractivity contribution in [2.45, 2.75) is 10.8 Å². The van der Waals surface area contributed by atoms with Crippen molar-refractivity contribution in [3.05, 3.63) is 324 Å². The van der Waals surface area contributed by atoms with Crippen LogP contribution < -0.4 is 4.90 Å². The zero-order valence-corrected chi connectivity index (χ0v) is 41.5. The molecule has 0 amide bonds. The van der Waals surface area contributed by atoms with Crippen LogP contribution in [0.15, 0.2) is 279 Å². The summed E-state index contributed by atoms with van der Waals surface area (Å²) in [5.41, 5.74) is 21.2. The maximum absolute atomic E-state index is 2.59. The number of rotatable bonds is 5. The lowest BCUT2D eigenvalue weighted by molar-refractivity contribution is 0.748. The van der Waals surface area contributed by atoms with Crippen LogP contribution in [-0.2, 0) is 10.8 Å². The number of para-hydroxylation sites is 3. The Hall–Kier alpha value is -9.76. The van der Waals surface area contributed by atoms with Gasteiger partial charge >= 0.3 is 0 Å². The highest BCUT2D eigenvalue weighted by Gasteiger charge is 2.52. The van der Waals surface area contributed by atoms with E-state index in [-0.39, 0.29) is 0 Å². The van der Waals surface area contributed by atoms with Crippen LogP contribution in [0.2, 0.25) is 0 Å². The summed E-state index contributed by atoms with van der Waals surface area (Å²) in [4.78, 5) is 2.59. The van der Waals surface area contributed by atoms with Crippen LogP contribution >= 0.6 is 0 Å². The lowest BCUT2D eigenvalue weighted by atomic mass is 9.65. The molecule has 2 nitrogen and oxygen atoms in total. The molecule has 0 saturated heterocycles. The summed E-state index contributed by atoms with van der Waals surface area (Å²) >= 11 is 0. The highest BCUT2D eigenvalue weighted by atomic mass is 15.1. The summed E-state index contributed by atoms with van der Waals surface area (Å²) in [6, 6.07) is 105. The fourth-order valence-electron chi connectivity index (χ4n) is 14.8. The molecule has 0 bridgehead atoms. The van der Waals surface area contributed by atoms with Gasteiger partial charge in [0.05, 0.1) is 33.2 Å². The number of benzene rings is 13. The van der Waals surface area contributed by atoms with Gasteiger partial charge in [-0.05, 0) is 136 Å². The summed E-state index contributed by atoms with van der Waals surface area (Å²) in [5.74, 6) is 0. The minimum atomic E-state index is -0.609. The summed E-state index contributed by atoms with van der Waals surface area (Å²) in [6.45, 7) is 0. The summed E-state index contributed by atoms with van der Waals surface area (Å²) in [7, 11) is 0. The molecule has 352 valence electrons. The predicted octanol–water partition coefficient (Wildman–Crippen LogP) is 18.8. The molecular weight excluding hydrogens is 917 g/mol. The second kappa shape index (κ2) is 15.4. The Labute approximate surface area is 440 Å². The molecular formula is C74H46N2. The number of aromatic nitrogens is 1. The van der Waals surface area contributed by atoms with Gasteiger partial charge in [0.25, 0.3) is 0 Å². The van der Waals surface area contributed by atoms with Gasteiger partial charge in [-0.2, -0.15) is 0 Å². The van der Waals surface area contributed by atoms with E-state index in [2.05, 4.69) is 289 Å². The Balaban J connectivity index is 1.00. The van der Waals surface area contributed by atoms with Gasteiger partial charge < -0.3 is 9.47 Å². The Kier molecular flexibility index (Phi) is 8.44. The normalized spacial score (nSPS) is 15.3. The summed E-state index contributed by atoms with van der Waals surface area (Å²) in [5, 5.41) is 10.1. The number of nitrogens with zero attached hydrogens (tertiary/aromatic N) is 2. The fourth-order valence-corrected chi connectivity index (χ4v) is 14.8. The molecule has 3 aliphatic rings. The van der Waals surface area contributed by atoms with Gasteiger partial charge in [-0.25, -0.2) is 0 Å². The third kappa shape index (κ3) is 5.20. The largest absolute Gasteiger partial charge is 0.310 e. The summed E-state index contributed by atoms with van der Waals surface area (Å²) < 4.78 is 2.54. The molecule has 2 heteroatoms. The van der Waals surface area contributed by atoms with Gasteiger partial charge in [-0.15, -0.1) is 0 Å². The second-order valence-corrected chi connectivity index (χ2v) is 21.0. The van der Waals surface area contributed by atoms with E-state index in [1.165, 1.54) is 127 Å². The van der Waals surface area contributed by atoms with Crippen molar-refractivity contribution in [3.8, 4) is 27.9 Å². The fraction of sp³-hybridized carbons (Fsp3) is 0.0270. The molecule has 1 aliphatic heterocycles. The standard InChI is InChI=1S/C74H46N2/c1-3-21-47(22-4-1)73(48-23-5-2-6-24-48)62-33-14-11-29-56(62)57-44-42-50(46-67(57)73)75(49-41-43-55-53-27-8-7-25-51(53)52-26-9-10-28-54(52)61(55)45-49)70-40-20-36-65-71(70)60-31-12-15-34-63(60)74(65)64-35-16-18-39-69(64)76-68-38-17-13-30-58(68)59-32-19-37-66(74)72(59)76/h1-46H. The molecule has 0 N–H and O–H groups in total. The number of hydrogen-bond donors (Lipinski definition) is 0. The first-order chi connectivity index (χ1) is 37.7. The maximum Gasteiger partial charge on any atom is 0.0755 e. The third-order valence-electron chi connectivity index (χ3n) is 17.6. The molecule has 1 unspecified atom stereocenters. The van der Waals surface area contributed by atoms with Gasteiger partial charge in [-0.1, -0.05) is 237 Å². The zero-order chi connectivity index (χ0) is 49.7. The first-order valence-electron chi connectivity index (χ1n) is 26.6. The third-order valence-corrected chi connectivity index (χ3v) is 17.6. The molecule has 14 aromatic rings. The van der Waals surface area contributed by atoms with E-state index in [1.807, 2.05) is 0 Å². The molecule has 1 atom stereocenters. The van der Waals surface area contributed by atoms with Crippen molar-refractivity contribution >= 4 is 71.2 Å². The minimum Gasteiger partial charge on any atom is -0.310 e. The van der Waals surface area contributed by atoms with E-state index < -0.39 is 10.8 Å². The number of anilines is 3. The molecule has 2 aliphatic carbocycles. The Morgan fingerprint density at radius 1 is 0.276 bits per heavy atom. The van der Waals surface area contributed by atoms with Crippen molar-refractivity contribution in [3.63, 3.8) is 0 Å². The van der Waals surface area contributed by atoms with Crippen LogP contribution in [0.5, 0.6) is 0 Å². The van der Waals surface area contributed by atoms with Crippen LogP contribution in [0, 0.1) is 0 Å². The first-order valence-corrected chi connectivity index (χ1v) is 26.6. The van der Waals surface area contributed by atoms with Crippen LogP contribution in [-0.4, -0.2) is 4.57 Å². The van der Waals surface area contributed by atoms with Crippen LogP contribution in [0.25, 0.3) is 82.1 Å². The average molecular weight is 963 g/mol. The van der Waals surface area contributed by atoms with Crippen LogP contribution in [0.3, 0.4) is 0 Å². The first kappa shape index (κ1) is 41.7. The van der Waals surface area contributed by atoms with E-state index in [0.717, 1.165) is 17.1 Å². The van der Waals surface area contributed by atoms with Crippen molar-refractivity contribution < 1.29 is 0 Å².